The summed E-state index contributed by atoms with van der Waals surface area (Å²) in [5.41, 5.74) is 7.28. The monoisotopic (exact) mass is 471 g/mol. The smallest absolute Gasteiger partial charge is 0.399 e. The zero-order chi connectivity index (χ0) is 24.9. The quantitative estimate of drug-likeness (QED) is 0.258. The predicted molar refractivity (Wildman–Crippen MR) is 150 cm³/mol. The van der Waals surface area contributed by atoms with Crippen LogP contribution in [0.4, 0.5) is 0 Å². The van der Waals surface area contributed by atoms with Crippen molar-refractivity contribution in [1.82, 2.24) is 4.57 Å². The SMILES string of the molecule is CC1(C)OB(c2ccc3c(c2)c(-c2ccccc2)c(-c2ccccc2)n3-c2ccccc2)OC1(C)C. The van der Waals surface area contributed by atoms with Crippen molar-refractivity contribution >= 4 is 23.5 Å². The molecule has 4 heteroatoms. The number of hydrogen-bond acceptors (Lipinski definition) is 2. The van der Waals surface area contributed by atoms with Gasteiger partial charge in [-0.3, -0.25) is 0 Å². The first-order chi connectivity index (χ1) is 17.4. The normalized spacial score (nSPS) is 16.5. The van der Waals surface area contributed by atoms with Gasteiger partial charge < -0.3 is 13.9 Å². The third kappa shape index (κ3) is 3.69. The Morgan fingerprint density at radius 1 is 0.611 bits per heavy atom. The molecule has 0 bridgehead atoms. The van der Waals surface area contributed by atoms with E-state index in [0.717, 1.165) is 16.7 Å². The third-order valence-corrected chi connectivity index (χ3v) is 7.64. The Balaban J connectivity index is 1.67. The van der Waals surface area contributed by atoms with Gasteiger partial charge in [-0.25, -0.2) is 0 Å². The summed E-state index contributed by atoms with van der Waals surface area (Å²) in [6.07, 6.45) is 0. The molecular formula is C32H30BNO2. The van der Waals surface area contributed by atoms with E-state index >= 15 is 0 Å². The zero-order valence-corrected chi connectivity index (χ0v) is 21.2. The molecule has 0 aliphatic carbocycles. The number of fused-ring (bicyclic) bond motifs is 1. The van der Waals surface area contributed by atoms with Crippen molar-refractivity contribution in [2.45, 2.75) is 38.9 Å². The summed E-state index contributed by atoms with van der Waals surface area (Å²) in [4.78, 5) is 0. The van der Waals surface area contributed by atoms with Crippen molar-refractivity contribution in [2.75, 3.05) is 0 Å². The van der Waals surface area contributed by atoms with Crippen LogP contribution >= 0.6 is 0 Å². The van der Waals surface area contributed by atoms with Crippen LogP contribution in [0.3, 0.4) is 0 Å². The van der Waals surface area contributed by atoms with Crippen LogP contribution in [0, 0.1) is 0 Å². The average molecular weight is 471 g/mol. The number of hydrogen-bond donors (Lipinski definition) is 0. The van der Waals surface area contributed by atoms with E-state index in [2.05, 4.69) is 141 Å². The highest BCUT2D eigenvalue weighted by Gasteiger charge is 2.51. The molecule has 0 atom stereocenters. The molecule has 36 heavy (non-hydrogen) atoms. The van der Waals surface area contributed by atoms with Crippen LogP contribution in [0.5, 0.6) is 0 Å². The van der Waals surface area contributed by atoms with Gasteiger partial charge in [-0.1, -0.05) is 91.0 Å². The first-order valence-electron chi connectivity index (χ1n) is 12.6. The Hall–Kier alpha value is -3.60. The minimum Gasteiger partial charge on any atom is -0.399 e. The second-order valence-electron chi connectivity index (χ2n) is 10.5. The molecule has 0 radical (unpaired) electrons. The summed E-state index contributed by atoms with van der Waals surface area (Å²) >= 11 is 0. The molecule has 0 N–H and O–H groups in total. The number of para-hydroxylation sites is 1. The Labute approximate surface area is 213 Å². The first-order valence-corrected chi connectivity index (χ1v) is 12.6. The van der Waals surface area contributed by atoms with E-state index < -0.39 is 7.12 Å². The summed E-state index contributed by atoms with van der Waals surface area (Å²) in [6.45, 7) is 8.39. The molecule has 0 saturated carbocycles. The Kier molecular flexibility index (Phi) is 5.40. The lowest BCUT2D eigenvalue weighted by Crippen LogP contribution is -2.41. The molecular weight excluding hydrogens is 441 g/mol. The van der Waals surface area contributed by atoms with Gasteiger partial charge in [0, 0.05) is 16.6 Å². The number of rotatable bonds is 4. The van der Waals surface area contributed by atoms with Gasteiger partial charge >= 0.3 is 7.12 Å². The summed E-state index contributed by atoms with van der Waals surface area (Å²) in [7, 11) is -0.414. The van der Waals surface area contributed by atoms with Gasteiger partial charge in [-0.2, -0.15) is 0 Å². The van der Waals surface area contributed by atoms with E-state index in [-0.39, 0.29) is 11.2 Å². The standard InChI is InChI=1S/C32H30BNO2/c1-31(2)32(3,4)36-33(35-31)25-20-21-28-27(22-25)29(23-14-8-5-9-15-23)30(24-16-10-6-11-17-24)34(28)26-18-12-7-13-19-26/h5-22H,1-4H3. The average Bonchev–Trinajstić information content (AvgIpc) is 3.35. The minimum absolute atomic E-state index is 0.389. The lowest BCUT2D eigenvalue weighted by molar-refractivity contribution is 0.00578. The van der Waals surface area contributed by atoms with Crippen molar-refractivity contribution in [3.8, 4) is 28.1 Å². The van der Waals surface area contributed by atoms with Gasteiger partial charge in [-0.15, -0.1) is 0 Å². The highest BCUT2D eigenvalue weighted by atomic mass is 16.7. The van der Waals surface area contributed by atoms with Crippen molar-refractivity contribution in [3.63, 3.8) is 0 Å². The molecule has 1 aliphatic rings. The largest absolute Gasteiger partial charge is 0.494 e. The van der Waals surface area contributed by atoms with Crippen LogP contribution in [-0.4, -0.2) is 22.9 Å². The maximum atomic E-state index is 6.42. The van der Waals surface area contributed by atoms with E-state index in [1.54, 1.807) is 0 Å². The molecule has 1 fully saturated rings. The number of benzene rings is 4. The van der Waals surface area contributed by atoms with Crippen molar-refractivity contribution in [3.05, 3.63) is 109 Å². The third-order valence-electron chi connectivity index (χ3n) is 7.64. The van der Waals surface area contributed by atoms with Gasteiger partial charge in [0.2, 0.25) is 0 Å². The molecule has 1 aromatic heterocycles. The molecule has 3 nitrogen and oxygen atoms in total. The lowest BCUT2D eigenvalue weighted by Gasteiger charge is -2.32. The van der Waals surface area contributed by atoms with Crippen LogP contribution < -0.4 is 5.46 Å². The van der Waals surface area contributed by atoms with Gasteiger partial charge in [0.25, 0.3) is 0 Å². The fourth-order valence-corrected chi connectivity index (χ4v) is 5.05. The van der Waals surface area contributed by atoms with Gasteiger partial charge in [0.15, 0.2) is 0 Å². The van der Waals surface area contributed by atoms with Gasteiger partial charge in [0.05, 0.1) is 22.4 Å². The summed E-state index contributed by atoms with van der Waals surface area (Å²) in [5.74, 6) is 0. The van der Waals surface area contributed by atoms with E-state index in [4.69, 9.17) is 9.31 Å². The first kappa shape index (κ1) is 22.8. The fourth-order valence-electron chi connectivity index (χ4n) is 5.05. The molecule has 1 aliphatic heterocycles. The van der Waals surface area contributed by atoms with Crippen molar-refractivity contribution in [2.24, 2.45) is 0 Å². The fraction of sp³-hybridized carbons (Fsp3) is 0.188. The van der Waals surface area contributed by atoms with E-state index in [1.165, 1.54) is 27.8 Å². The minimum atomic E-state index is -0.414. The number of nitrogens with zero attached hydrogens (tertiary/aromatic N) is 1. The molecule has 1 saturated heterocycles. The molecule has 178 valence electrons. The Morgan fingerprint density at radius 3 is 1.72 bits per heavy atom. The maximum Gasteiger partial charge on any atom is 0.494 e. The summed E-state index contributed by atoms with van der Waals surface area (Å²) < 4.78 is 15.2. The maximum absolute atomic E-state index is 6.42. The van der Waals surface area contributed by atoms with Gasteiger partial charge in [-0.05, 0) is 62.5 Å². The highest BCUT2D eigenvalue weighted by molar-refractivity contribution is 6.62. The van der Waals surface area contributed by atoms with Crippen molar-refractivity contribution in [1.29, 1.82) is 0 Å². The zero-order valence-electron chi connectivity index (χ0n) is 21.2. The molecule has 2 heterocycles. The van der Waals surface area contributed by atoms with Crippen LogP contribution in [0.15, 0.2) is 109 Å². The Bertz CT molecular complexity index is 1510. The second-order valence-corrected chi connectivity index (χ2v) is 10.5. The second kappa shape index (κ2) is 8.51. The predicted octanol–water partition coefficient (Wildman–Crippen LogP) is 7.26. The summed E-state index contributed by atoms with van der Waals surface area (Å²) in [5, 5.41) is 1.18. The van der Waals surface area contributed by atoms with E-state index in [1.807, 2.05) is 0 Å². The Morgan fingerprint density at radius 2 is 1.14 bits per heavy atom. The topological polar surface area (TPSA) is 23.4 Å². The van der Waals surface area contributed by atoms with Crippen LogP contribution in [0.2, 0.25) is 0 Å². The van der Waals surface area contributed by atoms with Crippen molar-refractivity contribution < 1.29 is 9.31 Å². The molecule has 6 rings (SSSR count). The molecule has 0 unspecified atom stereocenters. The molecule has 0 amide bonds. The summed E-state index contributed by atoms with van der Waals surface area (Å²) in [6, 6.07) is 38.5. The lowest BCUT2D eigenvalue weighted by atomic mass is 9.78. The van der Waals surface area contributed by atoms with Crippen LogP contribution in [0.1, 0.15) is 27.7 Å². The van der Waals surface area contributed by atoms with Crippen LogP contribution in [0.25, 0.3) is 39.0 Å². The molecule has 4 aromatic carbocycles. The molecule has 5 aromatic rings. The molecule has 0 spiro atoms. The number of aromatic nitrogens is 1. The highest BCUT2D eigenvalue weighted by Crippen LogP contribution is 2.43. The van der Waals surface area contributed by atoms with E-state index in [0.29, 0.717) is 0 Å². The van der Waals surface area contributed by atoms with E-state index in [9.17, 15) is 0 Å². The van der Waals surface area contributed by atoms with Gasteiger partial charge in [0.1, 0.15) is 0 Å². The van der Waals surface area contributed by atoms with Crippen LogP contribution in [-0.2, 0) is 9.31 Å².